The highest BCUT2D eigenvalue weighted by Gasteiger charge is 2.07. The Hall–Kier alpha value is -0.820. The molecule has 0 aliphatic heterocycles. The van der Waals surface area contributed by atoms with Crippen LogP contribution in [0.2, 0.25) is 0 Å². The van der Waals surface area contributed by atoms with Gasteiger partial charge < -0.3 is 4.74 Å². The van der Waals surface area contributed by atoms with Crippen LogP contribution in [0.5, 0.6) is 0 Å². The largest absolute Gasteiger partial charge is 0.372 e. The molecule has 0 unspecified atom stereocenters. The number of aryl methyl sites for hydroxylation is 1. The first kappa shape index (κ1) is 13.2. The maximum atomic E-state index is 5.64. The predicted octanol–water partition coefficient (Wildman–Crippen LogP) is 4.38. The number of hydrogen-bond donors (Lipinski definition) is 0. The Kier molecular flexibility index (Phi) is 6.91. The zero-order valence-electron chi connectivity index (χ0n) is 10.5. The fraction of sp³-hybridized carbons (Fsp3) is 0.533. The van der Waals surface area contributed by atoms with Crippen molar-refractivity contribution in [2.45, 2.75) is 46.0 Å². The summed E-state index contributed by atoms with van der Waals surface area (Å²) in [6, 6.07) is 10.7. The Labute approximate surface area is 99.8 Å². The zero-order valence-corrected chi connectivity index (χ0v) is 10.5. The smallest absolute Gasteiger partial charge is 0.0970 e. The monoisotopic (exact) mass is 219 g/mol. The second-order valence-corrected chi connectivity index (χ2v) is 4.06. The topological polar surface area (TPSA) is 9.23 Å². The Morgan fingerprint density at radius 1 is 1.06 bits per heavy atom. The maximum Gasteiger partial charge on any atom is 0.0970 e. The normalized spacial score (nSPS) is 10.9. The van der Waals surface area contributed by atoms with Crippen LogP contribution in [0, 0.1) is 6.10 Å². The molecule has 0 fully saturated rings. The molecule has 0 saturated carbocycles. The molecule has 89 valence electrons. The van der Waals surface area contributed by atoms with Crippen molar-refractivity contribution in [2.24, 2.45) is 0 Å². The van der Waals surface area contributed by atoms with Crippen LogP contribution in [0.1, 0.15) is 45.1 Å². The van der Waals surface area contributed by atoms with Crippen LogP contribution in [0.4, 0.5) is 0 Å². The van der Waals surface area contributed by atoms with E-state index in [-0.39, 0.29) is 0 Å². The van der Waals surface area contributed by atoms with Crippen molar-refractivity contribution in [3.05, 3.63) is 42.0 Å². The Bertz CT molecular complexity index is 249. The molecule has 0 spiro atoms. The second-order valence-electron chi connectivity index (χ2n) is 4.06. The third-order valence-corrected chi connectivity index (χ3v) is 2.64. The van der Waals surface area contributed by atoms with Gasteiger partial charge in [0, 0.05) is 6.61 Å². The van der Waals surface area contributed by atoms with E-state index in [9.17, 15) is 0 Å². The van der Waals surface area contributed by atoms with Gasteiger partial charge in [-0.25, -0.2) is 0 Å². The summed E-state index contributed by atoms with van der Waals surface area (Å²) < 4.78 is 5.64. The number of hydrogen-bond acceptors (Lipinski definition) is 1. The zero-order chi connectivity index (χ0) is 11.6. The minimum Gasteiger partial charge on any atom is -0.372 e. The van der Waals surface area contributed by atoms with Gasteiger partial charge in [-0.05, 0) is 38.2 Å². The molecule has 1 aromatic rings. The number of benzene rings is 1. The highest BCUT2D eigenvalue weighted by Crippen LogP contribution is 2.18. The third-order valence-electron chi connectivity index (χ3n) is 2.64. The molecule has 1 heteroatoms. The molecule has 0 bridgehead atoms. The first-order valence-corrected chi connectivity index (χ1v) is 6.38. The third kappa shape index (κ3) is 5.32. The standard InChI is InChI=1S/C15H23O/c1-3-9-15(16-4-2)13-8-12-14-10-6-5-7-11-14/h5-7,10-11H,3-4,8-9,12-13H2,1-2H3. The average molecular weight is 219 g/mol. The van der Waals surface area contributed by atoms with Crippen LogP contribution < -0.4 is 0 Å². The van der Waals surface area contributed by atoms with Gasteiger partial charge in [0.05, 0.1) is 6.10 Å². The lowest BCUT2D eigenvalue weighted by molar-refractivity contribution is 0.136. The number of rotatable bonds is 8. The number of ether oxygens (including phenoxy) is 1. The van der Waals surface area contributed by atoms with Crippen molar-refractivity contribution < 1.29 is 4.74 Å². The first-order valence-electron chi connectivity index (χ1n) is 6.38. The molecule has 1 nitrogen and oxygen atoms in total. The van der Waals surface area contributed by atoms with E-state index in [0.29, 0.717) is 0 Å². The first-order chi connectivity index (χ1) is 7.86. The predicted molar refractivity (Wildman–Crippen MR) is 69.2 cm³/mol. The lowest BCUT2D eigenvalue weighted by Gasteiger charge is -2.14. The minimum absolute atomic E-state index is 0.806. The summed E-state index contributed by atoms with van der Waals surface area (Å²) in [5.74, 6) is 0. The van der Waals surface area contributed by atoms with E-state index in [2.05, 4.69) is 44.2 Å². The fourth-order valence-corrected chi connectivity index (χ4v) is 1.89. The summed E-state index contributed by atoms with van der Waals surface area (Å²) >= 11 is 0. The van der Waals surface area contributed by atoms with Crippen LogP contribution >= 0.6 is 0 Å². The van der Waals surface area contributed by atoms with E-state index >= 15 is 0 Å². The quantitative estimate of drug-likeness (QED) is 0.630. The molecule has 0 aliphatic carbocycles. The van der Waals surface area contributed by atoms with E-state index in [0.717, 1.165) is 25.9 Å². The van der Waals surface area contributed by atoms with Gasteiger partial charge in [-0.2, -0.15) is 0 Å². The molecule has 1 radical (unpaired) electrons. The molecule has 0 atom stereocenters. The van der Waals surface area contributed by atoms with Crippen molar-refractivity contribution in [1.29, 1.82) is 0 Å². The molecule has 0 aromatic heterocycles. The van der Waals surface area contributed by atoms with Crippen molar-refractivity contribution in [3.8, 4) is 0 Å². The summed E-state index contributed by atoms with van der Waals surface area (Å²) in [7, 11) is 0. The molecule has 1 aromatic carbocycles. The lowest BCUT2D eigenvalue weighted by atomic mass is 10.0. The summed E-state index contributed by atoms with van der Waals surface area (Å²) in [4.78, 5) is 0. The van der Waals surface area contributed by atoms with Crippen LogP contribution in [0.15, 0.2) is 30.3 Å². The molecule has 16 heavy (non-hydrogen) atoms. The van der Waals surface area contributed by atoms with Gasteiger partial charge in [0.1, 0.15) is 0 Å². The molecule has 0 saturated heterocycles. The highest BCUT2D eigenvalue weighted by atomic mass is 16.5. The molecular formula is C15H23O. The van der Waals surface area contributed by atoms with E-state index < -0.39 is 0 Å². The lowest BCUT2D eigenvalue weighted by Crippen LogP contribution is -2.03. The molecule has 1 rings (SSSR count). The highest BCUT2D eigenvalue weighted by molar-refractivity contribution is 5.14. The molecule has 0 aliphatic rings. The van der Waals surface area contributed by atoms with Gasteiger partial charge in [0.15, 0.2) is 0 Å². The second kappa shape index (κ2) is 8.35. The average Bonchev–Trinajstić information content (AvgIpc) is 2.31. The van der Waals surface area contributed by atoms with Gasteiger partial charge in [-0.3, -0.25) is 0 Å². The van der Waals surface area contributed by atoms with Gasteiger partial charge in [0.25, 0.3) is 0 Å². The van der Waals surface area contributed by atoms with E-state index in [1.165, 1.54) is 24.5 Å². The van der Waals surface area contributed by atoms with Crippen LogP contribution in [0.25, 0.3) is 0 Å². The van der Waals surface area contributed by atoms with E-state index in [1.54, 1.807) is 0 Å². The van der Waals surface area contributed by atoms with Gasteiger partial charge in [-0.15, -0.1) is 0 Å². The summed E-state index contributed by atoms with van der Waals surface area (Å²) in [6.45, 7) is 5.07. The van der Waals surface area contributed by atoms with Crippen molar-refractivity contribution in [1.82, 2.24) is 0 Å². The van der Waals surface area contributed by atoms with E-state index in [1.807, 2.05) is 0 Å². The van der Waals surface area contributed by atoms with Gasteiger partial charge >= 0.3 is 0 Å². The Morgan fingerprint density at radius 2 is 1.81 bits per heavy atom. The Morgan fingerprint density at radius 3 is 2.44 bits per heavy atom. The van der Waals surface area contributed by atoms with Gasteiger partial charge in [-0.1, -0.05) is 43.7 Å². The van der Waals surface area contributed by atoms with Crippen molar-refractivity contribution in [3.63, 3.8) is 0 Å². The SMILES string of the molecule is CCC[C](CCCc1ccccc1)OCC. The molecule has 0 amide bonds. The maximum absolute atomic E-state index is 5.64. The molecular weight excluding hydrogens is 196 g/mol. The minimum atomic E-state index is 0.806. The van der Waals surface area contributed by atoms with Crippen molar-refractivity contribution in [2.75, 3.05) is 6.61 Å². The van der Waals surface area contributed by atoms with Gasteiger partial charge in [0.2, 0.25) is 0 Å². The van der Waals surface area contributed by atoms with Crippen LogP contribution in [-0.2, 0) is 11.2 Å². The summed E-state index contributed by atoms with van der Waals surface area (Å²) in [5, 5.41) is 0. The molecule has 0 heterocycles. The van der Waals surface area contributed by atoms with E-state index in [4.69, 9.17) is 4.74 Å². The van der Waals surface area contributed by atoms with Crippen LogP contribution in [0.3, 0.4) is 0 Å². The van der Waals surface area contributed by atoms with Crippen molar-refractivity contribution >= 4 is 0 Å². The molecule has 0 N–H and O–H groups in total. The summed E-state index contributed by atoms with van der Waals surface area (Å²) in [6.07, 6.45) is 7.03. The summed E-state index contributed by atoms with van der Waals surface area (Å²) in [5.41, 5.74) is 1.43. The van der Waals surface area contributed by atoms with Crippen LogP contribution in [-0.4, -0.2) is 6.61 Å². The Balaban J connectivity index is 2.22. The fourth-order valence-electron chi connectivity index (χ4n) is 1.89.